The number of hydrogen-bond acceptors (Lipinski definition) is 7. The van der Waals surface area contributed by atoms with Gasteiger partial charge in [-0.05, 0) is 73.9 Å². The molecule has 0 saturated carbocycles. The third-order valence-corrected chi connectivity index (χ3v) is 10.1. The molecule has 0 unspecified atom stereocenters. The predicted octanol–water partition coefficient (Wildman–Crippen LogP) is 3.30. The number of anilines is 2. The number of nitrogens with zero attached hydrogens (tertiary/aromatic N) is 3. The maximum absolute atomic E-state index is 13.3. The van der Waals surface area contributed by atoms with Crippen LogP contribution >= 0.6 is 0 Å². The maximum atomic E-state index is 13.3. The van der Waals surface area contributed by atoms with Crippen LogP contribution in [0.1, 0.15) is 24.0 Å². The number of carboxylic acids is 1. The molecule has 3 aromatic rings. The topological polar surface area (TPSA) is 119 Å². The van der Waals surface area contributed by atoms with Crippen molar-refractivity contribution in [3.63, 3.8) is 0 Å². The van der Waals surface area contributed by atoms with E-state index in [1.54, 1.807) is 19.2 Å². The average molecular weight is 607 g/mol. The minimum absolute atomic E-state index is 0.0873. The largest absolute Gasteiger partial charge is 0.497 e. The fourth-order valence-corrected chi connectivity index (χ4v) is 7.35. The quantitative estimate of drug-likeness (QED) is 0.361. The van der Waals surface area contributed by atoms with Crippen LogP contribution in [0.25, 0.3) is 0 Å². The number of amides is 1. The number of rotatable bonds is 10. The lowest BCUT2D eigenvalue weighted by Crippen LogP contribution is -2.51. The monoisotopic (exact) mass is 606 g/mol. The molecule has 2 saturated heterocycles. The first kappa shape index (κ1) is 30.4. The molecule has 2 heterocycles. The van der Waals surface area contributed by atoms with Crippen LogP contribution in [0.3, 0.4) is 0 Å². The Balaban J connectivity index is 1.18. The van der Waals surface area contributed by atoms with E-state index in [4.69, 9.17) is 4.74 Å². The van der Waals surface area contributed by atoms with Gasteiger partial charge in [0.1, 0.15) is 17.8 Å². The summed E-state index contributed by atoms with van der Waals surface area (Å²) in [5.41, 5.74) is 3.91. The van der Waals surface area contributed by atoms with Gasteiger partial charge in [0.05, 0.1) is 12.0 Å². The van der Waals surface area contributed by atoms with E-state index in [1.807, 2.05) is 43.3 Å². The number of nitrogens with one attached hydrogen (secondary N) is 1. The highest BCUT2D eigenvalue weighted by molar-refractivity contribution is 7.89. The molecule has 2 aliphatic rings. The molecule has 0 radical (unpaired) electrons. The first-order chi connectivity index (χ1) is 20.7. The highest BCUT2D eigenvalue weighted by Gasteiger charge is 2.40. The van der Waals surface area contributed by atoms with Gasteiger partial charge < -0.3 is 25.0 Å². The van der Waals surface area contributed by atoms with Crippen molar-refractivity contribution in [3.05, 3.63) is 83.9 Å². The Kier molecular flexibility index (Phi) is 9.22. The highest BCUT2D eigenvalue weighted by Crippen LogP contribution is 2.27. The first-order valence-electron chi connectivity index (χ1n) is 14.5. The predicted molar refractivity (Wildman–Crippen MR) is 165 cm³/mol. The number of aliphatic carboxylic acids is 1. The Morgan fingerprint density at radius 1 is 0.884 bits per heavy atom. The van der Waals surface area contributed by atoms with Crippen LogP contribution in [-0.2, 0) is 26.0 Å². The lowest BCUT2D eigenvalue weighted by atomic mass is 10.0. The van der Waals surface area contributed by atoms with Gasteiger partial charge in [-0.2, -0.15) is 4.31 Å². The molecule has 0 bridgehead atoms. The van der Waals surface area contributed by atoms with Gasteiger partial charge in [-0.25, -0.2) is 13.2 Å². The van der Waals surface area contributed by atoms with Crippen LogP contribution in [0.15, 0.2) is 77.7 Å². The summed E-state index contributed by atoms with van der Waals surface area (Å²) in [5, 5.41) is 12.5. The van der Waals surface area contributed by atoms with Gasteiger partial charge in [0.2, 0.25) is 15.9 Å². The van der Waals surface area contributed by atoms with E-state index in [0.717, 1.165) is 54.4 Å². The molecule has 10 nitrogen and oxygen atoms in total. The smallest absolute Gasteiger partial charge is 0.326 e. The zero-order valence-electron chi connectivity index (χ0n) is 24.5. The van der Waals surface area contributed by atoms with Crippen LogP contribution in [0.4, 0.5) is 11.4 Å². The standard InChI is InChI=1S/C32H38N4O6S/c1-23-5-15-28(16-6-23)43(40,41)36-17-3-4-30(36)31(37)33-29(32(38)39)22-24-7-9-25(10-8-24)34-18-20-35(21-19-34)26-11-13-27(42-2)14-12-26/h5-16,29-30H,3-4,17-22H2,1-2H3,(H,33,37)(H,38,39)/t29-,30-/m0/s1. The fraction of sp³-hybridized carbons (Fsp3) is 0.375. The minimum atomic E-state index is -3.89. The molecule has 2 atom stereocenters. The second-order valence-electron chi connectivity index (χ2n) is 11.0. The third kappa shape index (κ3) is 6.94. The second-order valence-corrected chi connectivity index (χ2v) is 12.9. The van der Waals surface area contributed by atoms with Gasteiger partial charge in [0.25, 0.3) is 0 Å². The fourth-order valence-electron chi connectivity index (χ4n) is 5.70. The lowest BCUT2D eigenvalue weighted by molar-refractivity contribution is -0.142. The summed E-state index contributed by atoms with van der Waals surface area (Å²) in [6.45, 7) is 5.53. The van der Waals surface area contributed by atoms with Crippen molar-refractivity contribution in [2.24, 2.45) is 0 Å². The molecule has 2 fully saturated rings. The van der Waals surface area contributed by atoms with Gasteiger partial charge in [0, 0.05) is 50.5 Å². The number of hydrogen-bond donors (Lipinski definition) is 2. The number of benzene rings is 3. The summed E-state index contributed by atoms with van der Waals surface area (Å²) in [6.07, 6.45) is 0.949. The Morgan fingerprint density at radius 3 is 1.98 bits per heavy atom. The Hall–Kier alpha value is -4.09. The van der Waals surface area contributed by atoms with Crippen molar-refractivity contribution in [1.82, 2.24) is 9.62 Å². The van der Waals surface area contributed by atoms with Gasteiger partial charge in [-0.1, -0.05) is 29.8 Å². The second kappa shape index (κ2) is 13.0. The molecular weight excluding hydrogens is 568 g/mol. The van der Waals surface area contributed by atoms with Crippen LogP contribution in [-0.4, -0.2) is 81.6 Å². The van der Waals surface area contributed by atoms with Crippen LogP contribution in [0, 0.1) is 6.92 Å². The number of methoxy groups -OCH3 is 1. The third-order valence-electron chi connectivity index (χ3n) is 8.21. The van der Waals surface area contributed by atoms with Gasteiger partial charge in [-0.15, -0.1) is 0 Å². The number of aryl methyl sites for hydroxylation is 1. The lowest BCUT2D eigenvalue weighted by Gasteiger charge is -2.37. The molecule has 3 aromatic carbocycles. The van der Waals surface area contributed by atoms with Crippen molar-refractivity contribution < 1.29 is 27.9 Å². The summed E-state index contributed by atoms with van der Waals surface area (Å²) in [7, 11) is -2.23. The van der Waals surface area contributed by atoms with Crippen molar-refractivity contribution in [2.75, 3.05) is 49.6 Å². The molecule has 2 N–H and O–H groups in total. The van der Waals surface area contributed by atoms with E-state index in [9.17, 15) is 23.1 Å². The molecular formula is C32H38N4O6S. The van der Waals surface area contributed by atoms with Crippen molar-refractivity contribution in [1.29, 1.82) is 0 Å². The van der Waals surface area contributed by atoms with E-state index in [-0.39, 0.29) is 17.9 Å². The van der Waals surface area contributed by atoms with E-state index < -0.39 is 34.0 Å². The summed E-state index contributed by atoms with van der Waals surface area (Å²) < 4.78 is 33.0. The average Bonchev–Trinajstić information content (AvgIpc) is 3.53. The van der Waals surface area contributed by atoms with E-state index in [2.05, 4.69) is 27.2 Å². The number of carbonyl (C=O) groups excluding carboxylic acids is 1. The van der Waals surface area contributed by atoms with Gasteiger partial charge in [0.15, 0.2) is 0 Å². The summed E-state index contributed by atoms with van der Waals surface area (Å²) in [4.78, 5) is 30.1. The van der Waals surface area contributed by atoms with E-state index >= 15 is 0 Å². The zero-order chi connectivity index (χ0) is 30.6. The molecule has 43 heavy (non-hydrogen) atoms. The Bertz CT molecular complexity index is 1520. The molecule has 11 heteroatoms. The normalized spacial score (nSPS) is 18.3. The molecule has 0 aliphatic carbocycles. The maximum Gasteiger partial charge on any atom is 0.326 e. The SMILES string of the molecule is COc1ccc(N2CCN(c3ccc(C[C@H](NC(=O)[C@@H]4CCCN4S(=O)(=O)c4ccc(C)cc4)C(=O)O)cc3)CC2)cc1. The number of carboxylic acid groups (broad SMARTS) is 1. The van der Waals surface area contributed by atoms with Crippen LogP contribution in [0.5, 0.6) is 5.75 Å². The Labute approximate surface area is 252 Å². The summed E-state index contributed by atoms with van der Waals surface area (Å²) in [6, 6.07) is 20.1. The Morgan fingerprint density at radius 2 is 1.44 bits per heavy atom. The first-order valence-corrected chi connectivity index (χ1v) is 15.9. The molecule has 0 spiro atoms. The van der Waals surface area contributed by atoms with E-state index in [1.165, 1.54) is 16.4 Å². The molecule has 0 aromatic heterocycles. The number of piperazine rings is 1. The van der Waals surface area contributed by atoms with Gasteiger partial charge >= 0.3 is 5.97 Å². The molecule has 1 amide bonds. The number of sulfonamides is 1. The molecule has 228 valence electrons. The van der Waals surface area contributed by atoms with E-state index in [0.29, 0.717) is 12.8 Å². The summed E-state index contributed by atoms with van der Waals surface area (Å²) >= 11 is 0. The highest BCUT2D eigenvalue weighted by atomic mass is 32.2. The van der Waals surface area contributed by atoms with Crippen LogP contribution in [0.2, 0.25) is 0 Å². The van der Waals surface area contributed by atoms with Crippen LogP contribution < -0.4 is 19.9 Å². The number of ether oxygens (including phenoxy) is 1. The number of carbonyl (C=O) groups is 2. The van der Waals surface area contributed by atoms with Crippen molar-refractivity contribution >= 4 is 33.3 Å². The van der Waals surface area contributed by atoms with Gasteiger partial charge in [-0.3, -0.25) is 4.79 Å². The molecule has 5 rings (SSSR count). The molecule has 2 aliphatic heterocycles. The zero-order valence-corrected chi connectivity index (χ0v) is 25.3. The summed E-state index contributed by atoms with van der Waals surface area (Å²) in [5.74, 6) is -0.927. The van der Waals surface area contributed by atoms with Crippen molar-refractivity contribution in [2.45, 2.75) is 43.2 Å². The minimum Gasteiger partial charge on any atom is -0.497 e. The van der Waals surface area contributed by atoms with Crippen molar-refractivity contribution in [3.8, 4) is 5.75 Å².